The summed E-state index contributed by atoms with van der Waals surface area (Å²) >= 11 is 5.93. The Hall–Kier alpha value is -1.92. The Morgan fingerprint density at radius 2 is 2.00 bits per heavy atom. The number of halogens is 1. The molecule has 2 fully saturated rings. The molecule has 26 heavy (non-hydrogen) atoms. The second-order valence-electron chi connectivity index (χ2n) is 7.60. The highest BCUT2D eigenvalue weighted by Crippen LogP contribution is 2.44. The van der Waals surface area contributed by atoms with Crippen molar-refractivity contribution in [2.45, 2.75) is 63.0 Å². The number of aliphatic hydroxyl groups is 1. The van der Waals surface area contributed by atoms with E-state index in [1.807, 2.05) is 6.92 Å². The minimum atomic E-state index is -0.769. The van der Waals surface area contributed by atoms with Crippen molar-refractivity contribution in [3.05, 3.63) is 28.9 Å². The standard InChI is InChI=1S/C19H23ClN4O2/c1-19(26)9-3-2-4-15(19)21-18-22-16(11-5-6-11)17(23-24-18)13-8-7-12(20)10-14(13)25/h7-8,10-11,15,25-26H,2-6,9H2,1H3,(H,21,22,24)/t15-,19-/m1/s1. The third-order valence-electron chi connectivity index (χ3n) is 5.37. The highest BCUT2D eigenvalue weighted by atomic mass is 35.5. The number of rotatable bonds is 4. The summed E-state index contributed by atoms with van der Waals surface area (Å²) in [6.45, 7) is 1.86. The first-order valence-corrected chi connectivity index (χ1v) is 9.54. The van der Waals surface area contributed by atoms with Crippen molar-refractivity contribution in [1.82, 2.24) is 15.2 Å². The van der Waals surface area contributed by atoms with Crippen LogP contribution in [0.3, 0.4) is 0 Å². The molecule has 0 amide bonds. The lowest BCUT2D eigenvalue weighted by molar-refractivity contribution is 0.0103. The van der Waals surface area contributed by atoms with Crippen molar-refractivity contribution < 1.29 is 10.2 Å². The molecule has 2 aliphatic rings. The van der Waals surface area contributed by atoms with Crippen LogP contribution in [0.15, 0.2) is 18.2 Å². The van der Waals surface area contributed by atoms with Crippen LogP contribution in [-0.2, 0) is 0 Å². The van der Waals surface area contributed by atoms with Crippen molar-refractivity contribution >= 4 is 17.5 Å². The molecule has 3 N–H and O–H groups in total. The number of aromatic hydroxyl groups is 1. The molecule has 2 saturated carbocycles. The molecular weight excluding hydrogens is 352 g/mol. The molecule has 1 heterocycles. The lowest BCUT2D eigenvalue weighted by atomic mass is 9.82. The van der Waals surface area contributed by atoms with Crippen LogP contribution in [0.1, 0.15) is 57.1 Å². The molecule has 0 aliphatic heterocycles. The van der Waals surface area contributed by atoms with E-state index in [9.17, 15) is 10.2 Å². The maximum Gasteiger partial charge on any atom is 0.243 e. The highest BCUT2D eigenvalue weighted by Gasteiger charge is 2.36. The topological polar surface area (TPSA) is 91.2 Å². The number of anilines is 1. The third-order valence-corrected chi connectivity index (χ3v) is 5.61. The van der Waals surface area contributed by atoms with E-state index in [1.54, 1.807) is 12.1 Å². The molecule has 2 atom stereocenters. The molecule has 138 valence electrons. The van der Waals surface area contributed by atoms with E-state index in [1.165, 1.54) is 6.07 Å². The first-order chi connectivity index (χ1) is 12.4. The summed E-state index contributed by atoms with van der Waals surface area (Å²) in [5, 5.41) is 33.2. The van der Waals surface area contributed by atoms with Gasteiger partial charge in [0.15, 0.2) is 0 Å². The normalized spacial score (nSPS) is 25.9. The molecule has 0 bridgehead atoms. The zero-order valence-corrected chi connectivity index (χ0v) is 15.5. The van der Waals surface area contributed by atoms with Crippen LogP contribution < -0.4 is 5.32 Å². The van der Waals surface area contributed by atoms with Crippen LogP contribution in [-0.4, -0.2) is 37.0 Å². The van der Waals surface area contributed by atoms with Crippen LogP contribution in [0.5, 0.6) is 5.75 Å². The minimum absolute atomic E-state index is 0.0754. The monoisotopic (exact) mass is 374 g/mol. The summed E-state index contributed by atoms with van der Waals surface area (Å²) in [4.78, 5) is 4.69. The molecule has 0 saturated heterocycles. The largest absolute Gasteiger partial charge is 0.507 e. The van der Waals surface area contributed by atoms with Gasteiger partial charge in [-0.3, -0.25) is 0 Å². The van der Waals surface area contributed by atoms with Gasteiger partial charge < -0.3 is 15.5 Å². The van der Waals surface area contributed by atoms with Crippen LogP contribution in [0.2, 0.25) is 5.02 Å². The van der Waals surface area contributed by atoms with Gasteiger partial charge in [0.2, 0.25) is 5.95 Å². The summed E-state index contributed by atoms with van der Waals surface area (Å²) in [6, 6.07) is 4.88. The van der Waals surface area contributed by atoms with E-state index < -0.39 is 5.60 Å². The average molecular weight is 375 g/mol. The number of hydrogen-bond acceptors (Lipinski definition) is 6. The average Bonchev–Trinajstić information content (AvgIpc) is 3.42. The van der Waals surface area contributed by atoms with Gasteiger partial charge in [-0.25, -0.2) is 4.98 Å². The SMILES string of the molecule is C[C@@]1(O)CCCC[C@H]1Nc1nnc(-c2ccc(Cl)cc2O)c(C2CC2)n1. The van der Waals surface area contributed by atoms with Crippen LogP contribution >= 0.6 is 11.6 Å². The van der Waals surface area contributed by atoms with Crippen LogP contribution in [0, 0.1) is 0 Å². The number of aromatic nitrogens is 3. The summed E-state index contributed by atoms with van der Waals surface area (Å²) in [6.07, 6.45) is 5.88. The molecular formula is C19H23ClN4O2. The first kappa shape index (κ1) is 17.5. The molecule has 0 unspecified atom stereocenters. The Kier molecular flexibility index (Phi) is 4.49. The molecule has 6 nitrogen and oxygen atoms in total. The highest BCUT2D eigenvalue weighted by molar-refractivity contribution is 6.30. The molecule has 2 aromatic rings. The number of hydrogen-bond donors (Lipinski definition) is 3. The van der Waals surface area contributed by atoms with Crippen molar-refractivity contribution in [3.8, 4) is 17.0 Å². The lowest BCUT2D eigenvalue weighted by Gasteiger charge is -2.37. The van der Waals surface area contributed by atoms with Gasteiger partial charge in [0.25, 0.3) is 0 Å². The maximum absolute atomic E-state index is 10.6. The summed E-state index contributed by atoms with van der Waals surface area (Å²) in [5.74, 6) is 0.852. The Balaban J connectivity index is 1.66. The zero-order valence-electron chi connectivity index (χ0n) is 14.7. The molecule has 4 rings (SSSR count). The Morgan fingerprint density at radius 3 is 2.69 bits per heavy atom. The van der Waals surface area contributed by atoms with E-state index in [0.29, 0.717) is 28.1 Å². The van der Waals surface area contributed by atoms with Gasteiger partial charge >= 0.3 is 0 Å². The third kappa shape index (κ3) is 3.48. The quantitative estimate of drug-likeness (QED) is 0.752. The summed E-state index contributed by atoms with van der Waals surface area (Å²) in [5.41, 5.74) is 1.26. The molecule has 0 spiro atoms. The maximum atomic E-state index is 10.6. The Bertz CT molecular complexity index is 823. The van der Waals surface area contributed by atoms with Crippen molar-refractivity contribution in [3.63, 3.8) is 0 Å². The fourth-order valence-electron chi connectivity index (χ4n) is 3.64. The summed E-state index contributed by atoms with van der Waals surface area (Å²) < 4.78 is 0. The van der Waals surface area contributed by atoms with Crippen molar-refractivity contribution in [2.24, 2.45) is 0 Å². The van der Waals surface area contributed by atoms with E-state index >= 15 is 0 Å². The van der Waals surface area contributed by atoms with Crippen molar-refractivity contribution in [1.29, 1.82) is 0 Å². The van der Waals surface area contributed by atoms with Gasteiger partial charge in [0.05, 0.1) is 17.3 Å². The Labute approximate surface area is 157 Å². The fourth-order valence-corrected chi connectivity index (χ4v) is 3.80. The van der Waals surface area contributed by atoms with Crippen LogP contribution in [0.4, 0.5) is 5.95 Å². The predicted molar refractivity (Wildman–Crippen MR) is 100 cm³/mol. The number of nitrogens with zero attached hydrogens (tertiary/aromatic N) is 3. The van der Waals surface area contributed by atoms with Crippen molar-refractivity contribution in [2.75, 3.05) is 5.32 Å². The fraction of sp³-hybridized carbons (Fsp3) is 0.526. The number of nitrogens with one attached hydrogen (secondary N) is 1. The second-order valence-corrected chi connectivity index (χ2v) is 8.04. The number of benzene rings is 1. The zero-order chi connectivity index (χ0) is 18.3. The van der Waals surface area contributed by atoms with Crippen LogP contribution in [0.25, 0.3) is 11.3 Å². The molecule has 1 aromatic carbocycles. The van der Waals surface area contributed by atoms with Gasteiger partial charge in [-0.1, -0.05) is 24.4 Å². The van der Waals surface area contributed by atoms with E-state index in [-0.39, 0.29) is 11.8 Å². The van der Waals surface area contributed by atoms with E-state index in [2.05, 4.69) is 15.5 Å². The molecule has 0 radical (unpaired) electrons. The molecule has 2 aliphatic carbocycles. The smallest absolute Gasteiger partial charge is 0.243 e. The van der Waals surface area contributed by atoms with Gasteiger partial charge in [0, 0.05) is 16.5 Å². The number of phenols is 1. The van der Waals surface area contributed by atoms with E-state index in [4.69, 9.17) is 16.6 Å². The van der Waals surface area contributed by atoms with E-state index in [0.717, 1.165) is 44.2 Å². The van der Waals surface area contributed by atoms with Gasteiger partial charge in [-0.05, 0) is 50.8 Å². The minimum Gasteiger partial charge on any atom is -0.507 e. The summed E-state index contributed by atoms with van der Waals surface area (Å²) in [7, 11) is 0. The molecule has 1 aromatic heterocycles. The lowest BCUT2D eigenvalue weighted by Crippen LogP contribution is -2.47. The molecule has 7 heteroatoms. The van der Waals surface area contributed by atoms with Gasteiger partial charge in [0.1, 0.15) is 11.4 Å². The van der Waals surface area contributed by atoms with Gasteiger partial charge in [-0.2, -0.15) is 0 Å². The Morgan fingerprint density at radius 1 is 1.19 bits per heavy atom. The van der Waals surface area contributed by atoms with Gasteiger partial charge in [-0.15, -0.1) is 10.2 Å². The predicted octanol–water partition coefficient (Wildman–Crippen LogP) is 3.88. The number of phenolic OH excluding ortho intramolecular Hbond substituents is 1. The second kappa shape index (κ2) is 6.67. The first-order valence-electron chi connectivity index (χ1n) is 9.16.